The summed E-state index contributed by atoms with van der Waals surface area (Å²) in [6.07, 6.45) is 0. The third kappa shape index (κ3) is 4.15. The van der Waals surface area contributed by atoms with Crippen LogP contribution in [0.3, 0.4) is 0 Å². The molecule has 0 aromatic heterocycles. The van der Waals surface area contributed by atoms with Crippen LogP contribution in [-0.2, 0) is 9.84 Å². The minimum atomic E-state index is -3.77. The minimum Gasteiger partial charge on any atom is -0.594 e. The molecule has 0 spiro atoms. The van der Waals surface area contributed by atoms with Gasteiger partial charge < -0.3 is 20.2 Å². The molecule has 1 aromatic carbocycles. The molecule has 0 saturated carbocycles. The molecule has 0 saturated heterocycles. The summed E-state index contributed by atoms with van der Waals surface area (Å²) in [5.41, 5.74) is -2.75. The van der Waals surface area contributed by atoms with E-state index in [-0.39, 0.29) is 4.90 Å². The number of sulfone groups is 1. The number of methoxy groups -OCH3 is 1. The second kappa shape index (κ2) is 7.99. The van der Waals surface area contributed by atoms with Crippen molar-refractivity contribution in [2.75, 3.05) is 32.6 Å². The number of hydroxylamine groups is 1. The Morgan fingerprint density at radius 3 is 2.17 bits per heavy atom. The summed E-state index contributed by atoms with van der Waals surface area (Å²) < 4.78 is 29.1. The molecule has 0 unspecified atom stereocenters. The van der Waals surface area contributed by atoms with Gasteiger partial charge in [-0.25, -0.2) is 8.42 Å². The molecule has 0 heterocycles. The van der Waals surface area contributed by atoms with Crippen molar-refractivity contribution >= 4 is 9.84 Å². The van der Waals surface area contributed by atoms with E-state index in [1.165, 1.54) is 31.4 Å². The Kier molecular flexibility index (Phi) is 6.57. The number of rotatable bonds is 9. The lowest BCUT2D eigenvalue weighted by atomic mass is 10.2. The van der Waals surface area contributed by atoms with Crippen molar-refractivity contribution in [1.29, 1.82) is 0 Å². The first-order valence-corrected chi connectivity index (χ1v) is 8.26. The number of nitro groups is 1. The van der Waals surface area contributed by atoms with Crippen LogP contribution < -0.4 is 4.74 Å². The van der Waals surface area contributed by atoms with Crippen LogP contribution in [-0.4, -0.2) is 66.7 Å². The number of hydrogen-bond donors (Lipinski definition) is 2. The number of nitrogens with zero attached hydrogens (tertiary/aromatic N) is 3. The minimum absolute atomic E-state index is 0.0270. The van der Waals surface area contributed by atoms with Gasteiger partial charge >= 0.3 is 5.66 Å². The summed E-state index contributed by atoms with van der Waals surface area (Å²) in [4.78, 5) is 9.14. The molecule has 134 valence electrons. The first-order chi connectivity index (χ1) is 11.2. The first-order valence-electron chi connectivity index (χ1n) is 6.61. The predicted octanol–water partition coefficient (Wildman–Crippen LogP) is -0.611. The van der Waals surface area contributed by atoms with E-state index in [0.29, 0.717) is 5.75 Å². The second-order valence-electron chi connectivity index (χ2n) is 4.69. The van der Waals surface area contributed by atoms with Crippen LogP contribution >= 0.6 is 0 Å². The maximum Gasteiger partial charge on any atom is 0.483 e. The smallest absolute Gasteiger partial charge is 0.483 e. The maximum absolute atomic E-state index is 12.1. The van der Waals surface area contributed by atoms with Gasteiger partial charge in [0.2, 0.25) is 0 Å². The van der Waals surface area contributed by atoms with Crippen molar-refractivity contribution < 1.29 is 33.2 Å². The molecule has 2 N–H and O–H groups in total. The molecule has 0 aliphatic carbocycles. The molecular formula is C12H17N3O8S. The maximum atomic E-state index is 12.1. The first kappa shape index (κ1) is 19.7. The van der Waals surface area contributed by atoms with E-state index in [2.05, 4.69) is 5.11 Å². The topological polar surface area (TPSA) is 165 Å². The van der Waals surface area contributed by atoms with E-state index in [1.54, 1.807) is 0 Å². The standard InChI is InChI=1S/C12H17N3O8S/c1-23-10-2-4-11(5-3-10)24(21,22)7-6-13-14(18)12(8-16,9-17)15(19)20/h2-5,16-17H,6-9H2,1H3. The predicted molar refractivity (Wildman–Crippen MR) is 79.9 cm³/mol. The van der Waals surface area contributed by atoms with Gasteiger partial charge in [-0.2, -0.15) is 0 Å². The third-order valence-electron chi connectivity index (χ3n) is 3.21. The summed E-state index contributed by atoms with van der Waals surface area (Å²) in [6.45, 7) is -3.14. The van der Waals surface area contributed by atoms with Gasteiger partial charge in [-0.15, -0.1) is 0 Å². The Balaban J connectivity index is 2.88. The molecule has 0 radical (unpaired) electrons. The van der Waals surface area contributed by atoms with Crippen molar-refractivity contribution in [3.05, 3.63) is 39.6 Å². The molecule has 0 bridgehead atoms. The van der Waals surface area contributed by atoms with Gasteiger partial charge in [0, 0.05) is 0 Å². The molecule has 12 heteroatoms. The molecule has 11 nitrogen and oxygen atoms in total. The fourth-order valence-electron chi connectivity index (χ4n) is 1.64. The normalized spacial score (nSPS) is 12.9. The van der Waals surface area contributed by atoms with E-state index < -0.39 is 50.8 Å². The average Bonchev–Trinajstić information content (AvgIpc) is 2.56. The Morgan fingerprint density at radius 1 is 1.21 bits per heavy atom. The molecule has 1 aromatic rings. The molecule has 0 aliphatic heterocycles. The zero-order chi connectivity index (χ0) is 18.4. The number of aliphatic hydroxyl groups is 2. The Morgan fingerprint density at radius 2 is 1.75 bits per heavy atom. The van der Waals surface area contributed by atoms with Crippen LogP contribution in [0, 0.1) is 15.3 Å². The Labute approximate surface area is 137 Å². The lowest BCUT2D eigenvalue weighted by Gasteiger charge is -2.16. The van der Waals surface area contributed by atoms with E-state index in [0.717, 1.165) is 0 Å². The van der Waals surface area contributed by atoms with Crippen LogP contribution in [0.4, 0.5) is 0 Å². The third-order valence-corrected chi connectivity index (χ3v) is 4.92. The number of aliphatic hydroxyl groups excluding tert-OH is 2. The van der Waals surface area contributed by atoms with Crippen LogP contribution in [0.1, 0.15) is 0 Å². The van der Waals surface area contributed by atoms with Gasteiger partial charge in [-0.1, -0.05) is 0 Å². The summed E-state index contributed by atoms with van der Waals surface area (Å²) in [7, 11) is -2.34. The highest BCUT2D eigenvalue weighted by Crippen LogP contribution is 2.17. The van der Waals surface area contributed by atoms with Crippen molar-refractivity contribution in [3.8, 4) is 5.75 Å². The average molecular weight is 363 g/mol. The van der Waals surface area contributed by atoms with Crippen LogP contribution in [0.15, 0.2) is 34.3 Å². The van der Waals surface area contributed by atoms with Crippen molar-refractivity contribution in [2.45, 2.75) is 10.6 Å². The zero-order valence-corrected chi connectivity index (χ0v) is 13.5. The summed E-state index contributed by atoms with van der Waals surface area (Å²) in [5, 5.41) is 43.6. The van der Waals surface area contributed by atoms with Gasteiger partial charge in [-0.05, 0) is 34.2 Å². The molecule has 0 amide bonds. The fourth-order valence-corrected chi connectivity index (χ4v) is 2.75. The van der Waals surface area contributed by atoms with Gasteiger partial charge in [0.15, 0.2) is 23.1 Å². The second-order valence-corrected chi connectivity index (χ2v) is 6.80. The number of benzene rings is 1. The SMILES string of the molecule is COc1ccc(S(=O)(=O)CCN=[N+]([O-])C(CO)(CO)[N+](=O)[O-])cc1. The zero-order valence-electron chi connectivity index (χ0n) is 12.7. The van der Waals surface area contributed by atoms with E-state index in [4.69, 9.17) is 14.9 Å². The quantitative estimate of drug-likeness (QED) is 0.193. The lowest BCUT2D eigenvalue weighted by Crippen LogP contribution is -2.53. The van der Waals surface area contributed by atoms with Gasteiger partial charge in [0.05, 0.1) is 17.8 Å². The van der Waals surface area contributed by atoms with Crippen molar-refractivity contribution in [2.24, 2.45) is 5.11 Å². The molecule has 0 atom stereocenters. The van der Waals surface area contributed by atoms with Crippen LogP contribution in [0.2, 0.25) is 0 Å². The molecule has 1 rings (SSSR count). The monoisotopic (exact) mass is 363 g/mol. The highest BCUT2D eigenvalue weighted by atomic mass is 32.2. The van der Waals surface area contributed by atoms with Gasteiger partial charge in [0.25, 0.3) is 0 Å². The number of azo groups is 1. The van der Waals surface area contributed by atoms with Crippen molar-refractivity contribution in [3.63, 3.8) is 0 Å². The highest BCUT2D eigenvalue weighted by molar-refractivity contribution is 7.91. The molecule has 0 fully saturated rings. The largest absolute Gasteiger partial charge is 0.594 e. The summed E-state index contributed by atoms with van der Waals surface area (Å²) >= 11 is 0. The Hall–Kier alpha value is -2.31. The van der Waals surface area contributed by atoms with Gasteiger partial charge in [-0.3, -0.25) is 10.1 Å². The highest BCUT2D eigenvalue weighted by Gasteiger charge is 2.53. The van der Waals surface area contributed by atoms with E-state index in [1.807, 2.05) is 0 Å². The van der Waals surface area contributed by atoms with E-state index in [9.17, 15) is 23.7 Å². The summed E-state index contributed by atoms with van der Waals surface area (Å²) in [5.74, 6) is -0.117. The number of hydrogen-bond acceptors (Lipinski definition) is 9. The lowest BCUT2D eigenvalue weighted by molar-refractivity contribution is -0.818. The van der Waals surface area contributed by atoms with E-state index >= 15 is 0 Å². The van der Waals surface area contributed by atoms with Crippen LogP contribution in [0.25, 0.3) is 0 Å². The fraction of sp³-hybridized carbons (Fsp3) is 0.500. The van der Waals surface area contributed by atoms with Gasteiger partial charge in [0.1, 0.15) is 17.2 Å². The van der Waals surface area contributed by atoms with Crippen LogP contribution in [0.5, 0.6) is 5.75 Å². The van der Waals surface area contributed by atoms with Crippen molar-refractivity contribution in [1.82, 2.24) is 0 Å². The molecule has 0 aliphatic rings. The Bertz CT molecular complexity index is 698. The molecule has 24 heavy (non-hydrogen) atoms. The number of ether oxygens (including phenoxy) is 1. The molecular weight excluding hydrogens is 346 g/mol. The summed E-state index contributed by atoms with van der Waals surface area (Å²) in [6, 6.07) is 5.51.